The van der Waals surface area contributed by atoms with Gasteiger partial charge in [-0.15, -0.1) is 0 Å². The Bertz CT molecular complexity index is 1430. The van der Waals surface area contributed by atoms with Gasteiger partial charge in [0.25, 0.3) is 0 Å². The number of anilines is 1. The van der Waals surface area contributed by atoms with Crippen LogP contribution in [0.25, 0.3) is 0 Å². The van der Waals surface area contributed by atoms with Crippen molar-refractivity contribution in [1.29, 1.82) is 5.26 Å². The molecule has 7 nitrogen and oxygen atoms in total. The Morgan fingerprint density at radius 1 is 1.11 bits per heavy atom. The number of hydrogen-bond acceptors (Lipinski definition) is 7. The molecule has 0 aliphatic carbocycles. The highest BCUT2D eigenvalue weighted by Gasteiger charge is 2.13. The van der Waals surface area contributed by atoms with Crippen LogP contribution in [0.2, 0.25) is 0 Å². The highest BCUT2D eigenvalue weighted by molar-refractivity contribution is 7.11. The molecule has 35 heavy (non-hydrogen) atoms. The highest BCUT2D eigenvalue weighted by Crippen LogP contribution is 2.28. The van der Waals surface area contributed by atoms with Crippen LogP contribution in [-0.2, 0) is 6.54 Å². The van der Waals surface area contributed by atoms with Crippen LogP contribution in [0.15, 0.2) is 82.8 Å². The Kier molecular flexibility index (Phi) is 7.60. The first-order valence-electron chi connectivity index (χ1n) is 11.1. The number of rotatable bonds is 8. The molecule has 0 fully saturated rings. The molecule has 0 spiro atoms. The van der Waals surface area contributed by atoms with Crippen molar-refractivity contribution < 1.29 is 9.84 Å². The second-order valence-electron chi connectivity index (χ2n) is 7.59. The van der Waals surface area contributed by atoms with E-state index in [9.17, 15) is 10.4 Å². The molecule has 0 saturated heterocycles. The van der Waals surface area contributed by atoms with Gasteiger partial charge in [-0.1, -0.05) is 41.7 Å². The lowest BCUT2D eigenvalue weighted by Gasteiger charge is -2.08. The molecule has 4 rings (SSSR count). The zero-order chi connectivity index (χ0) is 24.6. The molecule has 0 radical (unpaired) electrons. The number of aromatic nitrogens is 1. The normalized spacial score (nSPS) is 11.5. The number of hydrogen-bond donors (Lipinski definition) is 2. The lowest BCUT2D eigenvalue weighted by molar-refractivity contribution is 0.415. The van der Waals surface area contributed by atoms with Gasteiger partial charge in [0, 0.05) is 6.54 Å². The van der Waals surface area contributed by atoms with Crippen molar-refractivity contribution in [2.45, 2.75) is 13.5 Å². The Hall–Kier alpha value is -4.35. The standard InChI is InChI=1S/C27H25N5O2S/c1-3-29-23-14-9-20(16-28)15-24(23)31-27-32(18-19-7-5-4-6-8-19)26(33)25(35-27)17-30-21-10-12-22(34-2)13-11-21/h4-15,17,29,33H,3,18H2,1-2H3. The molecule has 0 aliphatic heterocycles. The van der Waals surface area contributed by atoms with Crippen LogP contribution in [0.5, 0.6) is 11.6 Å². The number of nitriles is 1. The smallest absolute Gasteiger partial charge is 0.213 e. The number of benzene rings is 3. The summed E-state index contributed by atoms with van der Waals surface area (Å²) in [6, 6.07) is 24.8. The van der Waals surface area contributed by atoms with Crippen molar-refractivity contribution in [2.24, 2.45) is 9.98 Å². The molecule has 0 atom stereocenters. The molecule has 0 saturated carbocycles. The van der Waals surface area contributed by atoms with Crippen molar-refractivity contribution in [2.75, 3.05) is 19.0 Å². The Labute approximate surface area is 208 Å². The van der Waals surface area contributed by atoms with Crippen LogP contribution in [0.4, 0.5) is 17.1 Å². The summed E-state index contributed by atoms with van der Waals surface area (Å²) in [6.45, 7) is 3.16. The van der Waals surface area contributed by atoms with Gasteiger partial charge in [-0.05, 0) is 55.0 Å². The maximum Gasteiger partial charge on any atom is 0.213 e. The highest BCUT2D eigenvalue weighted by atomic mass is 32.1. The summed E-state index contributed by atoms with van der Waals surface area (Å²) in [4.78, 5) is 10.5. The third-order valence-corrected chi connectivity index (χ3v) is 6.21. The predicted octanol–water partition coefficient (Wildman–Crippen LogP) is 5.60. The Morgan fingerprint density at radius 2 is 1.89 bits per heavy atom. The lowest BCUT2D eigenvalue weighted by atomic mass is 10.2. The van der Waals surface area contributed by atoms with E-state index < -0.39 is 0 Å². The first kappa shape index (κ1) is 23.8. The van der Waals surface area contributed by atoms with Gasteiger partial charge < -0.3 is 15.2 Å². The third kappa shape index (κ3) is 5.78. The van der Waals surface area contributed by atoms with Gasteiger partial charge >= 0.3 is 0 Å². The largest absolute Gasteiger partial charge is 0.497 e. The molecule has 176 valence electrons. The summed E-state index contributed by atoms with van der Waals surface area (Å²) in [5, 5.41) is 23.8. The van der Waals surface area contributed by atoms with E-state index in [2.05, 4.69) is 16.4 Å². The van der Waals surface area contributed by atoms with Gasteiger partial charge in [0.15, 0.2) is 4.80 Å². The fourth-order valence-electron chi connectivity index (χ4n) is 3.44. The second kappa shape index (κ2) is 11.2. The Balaban J connectivity index is 1.81. The molecule has 2 N–H and O–H groups in total. The van der Waals surface area contributed by atoms with Crippen molar-refractivity contribution in [3.63, 3.8) is 0 Å². The zero-order valence-electron chi connectivity index (χ0n) is 19.5. The number of nitrogens with one attached hydrogen (secondary N) is 1. The molecule has 1 heterocycles. The number of methoxy groups -OCH3 is 1. The first-order valence-corrected chi connectivity index (χ1v) is 11.9. The van der Waals surface area contributed by atoms with E-state index in [1.54, 1.807) is 30.0 Å². The van der Waals surface area contributed by atoms with E-state index in [0.717, 1.165) is 22.7 Å². The van der Waals surface area contributed by atoms with Crippen LogP contribution in [0.1, 0.15) is 22.9 Å². The third-order valence-electron chi connectivity index (χ3n) is 5.21. The summed E-state index contributed by atoms with van der Waals surface area (Å²) in [5.74, 6) is 0.831. The number of thiazole rings is 1. The van der Waals surface area contributed by atoms with Gasteiger partial charge in [0.2, 0.25) is 5.88 Å². The molecule has 0 bridgehead atoms. The van der Waals surface area contributed by atoms with E-state index in [1.807, 2.05) is 67.6 Å². The lowest BCUT2D eigenvalue weighted by Crippen LogP contribution is -2.15. The molecule has 0 aliphatic rings. The summed E-state index contributed by atoms with van der Waals surface area (Å²) in [7, 11) is 1.62. The van der Waals surface area contributed by atoms with Crippen LogP contribution in [0, 0.1) is 11.3 Å². The first-order chi connectivity index (χ1) is 17.1. The molecule has 8 heteroatoms. The van der Waals surface area contributed by atoms with Crippen molar-refractivity contribution in [3.8, 4) is 17.7 Å². The minimum atomic E-state index is 0.0799. The molecule has 0 unspecified atom stereocenters. The minimum absolute atomic E-state index is 0.0799. The summed E-state index contributed by atoms with van der Waals surface area (Å²) >= 11 is 1.33. The summed E-state index contributed by atoms with van der Waals surface area (Å²) in [5.41, 5.74) is 3.73. The van der Waals surface area contributed by atoms with Crippen LogP contribution >= 0.6 is 11.3 Å². The maximum atomic E-state index is 11.1. The molecule has 1 aromatic heterocycles. The summed E-state index contributed by atoms with van der Waals surface area (Å²) in [6.07, 6.45) is 1.64. The summed E-state index contributed by atoms with van der Waals surface area (Å²) < 4.78 is 6.95. The number of ether oxygens (including phenoxy) is 1. The van der Waals surface area contributed by atoms with E-state index in [0.29, 0.717) is 34.0 Å². The van der Waals surface area contributed by atoms with Crippen molar-refractivity contribution in [1.82, 2.24) is 4.57 Å². The quantitative estimate of drug-likeness (QED) is 0.319. The van der Waals surface area contributed by atoms with Crippen molar-refractivity contribution in [3.05, 3.63) is 93.6 Å². The maximum absolute atomic E-state index is 11.1. The van der Waals surface area contributed by atoms with E-state index >= 15 is 0 Å². The van der Waals surface area contributed by atoms with Gasteiger partial charge in [-0.2, -0.15) is 5.26 Å². The minimum Gasteiger partial charge on any atom is -0.497 e. The topological polar surface area (TPSA) is 94.9 Å². The van der Waals surface area contributed by atoms with Gasteiger partial charge in [0.1, 0.15) is 10.6 Å². The van der Waals surface area contributed by atoms with E-state index in [1.165, 1.54) is 11.3 Å². The average Bonchev–Trinajstić information content (AvgIpc) is 3.18. The molecule has 3 aromatic carbocycles. The van der Waals surface area contributed by atoms with Gasteiger partial charge in [-0.3, -0.25) is 9.56 Å². The SMILES string of the molecule is CCNc1ccc(C#N)cc1N=c1sc(C=Nc2ccc(OC)cc2)c(O)n1Cc1ccccc1. The fourth-order valence-corrected chi connectivity index (χ4v) is 4.35. The van der Waals surface area contributed by atoms with E-state index in [-0.39, 0.29) is 5.88 Å². The number of aliphatic imine (C=N–C) groups is 1. The van der Waals surface area contributed by atoms with Crippen LogP contribution in [-0.4, -0.2) is 29.5 Å². The van der Waals surface area contributed by atoms with Crippen molar-refractivity contribution >= 4 is 34.6 Å². The average molecular weight is 484 g/mol. The fraction of sp³-hybridized carbons (Fsp3) is 0.148. The van der Waals surface area contributed by atoms with Crippen LogP contribution < -0.4 is 14.9 Å². The number of aromatic hydroxyl groups is 1. The monoisotopic (exact) mass is 483 g/mol. The Morgan fingerprint density at radius 3 is 2.57 bits per heavy atom. The van der Waals surface area contributed by atoms with Gasteiger partial charge in [-0.25, -0.2) is 4.99 Å². The molecule has 0 amide bonds. The van der Waals surface area contributed by atoms with E-state index in [4.69, 9.17) is 9.73 Å². The predicted molar refractivity (Wildman–Crippen MR) is 140 cm³/mol. The van der Waals surface area contributed by atoms with Crippen LogP contribution in [0.3, 0.4) is 0 Å². The molecular weight excluding hydrogens is 458 g/mol. The van der Waals surface area contributed by atoms with Gasteiger partial charge in [0.05, 0.1) is 48.6 Å². The molecular formula is C27H25N5O2S. The number of nitrogens with zero attached hydrogens (tertiary/aromatic N) is 4. The second-order valence-corrected chi connectivity index (χ2v) is 8.60. The molecule has 4 aromatic rings. The zero-order valence-corrected chi connectivity index (χ0v) is 20.3.